The van der Waals surface area contributed by atoms with Crippen molar-refractivity contribution >= 4 is 23.4 Å². The Balaban J connectivity index is 1.63. The minimum atomic E-state index is -0.108. The van der Waals surface area contributed by atoms with E-state index in [0.717, 1.165) is 39.0 Å². The molecule has 2 aliphatic heterocycles. The highest BCUT2D eigenvalue weighted by Gasteiger charge is 2.43. The fraction of sp³-hybridized carbons (Fsp3) is 0.722. The van der Waals surface area contributed by atoms with E-state index in [1.165, 1.54) is 0 Å². The van der Waals surface area contributed by atoms with Crippen molar-refractivity contribution in [2.24, 2.45) is 0 Å². The van der Waals surface area contributed by atoms with Gasteiger partial charge in [0, 0.05) is 63.6 Å². The van der Waals surface area contributed by atoms with Gasteiger partial charge in [-0.3, -0.25) is 14.5 Å². The predicted octanol–water partition coefficient (Wildman–Crippen LogP) is 1.81. The number of aryl methyl sites for hydroxylation is 1. The third-order valence-corrected chi connectivity index (χ3v) is 6.03. The summed E-state index contributed by atoms with van der Waals surface area (Å²) in [5.41, 5.74) is -0.108. The molecule has 26 heavy (non-hydrogen) atoms. The number of hydrogen-bond acceptors (Lipinski definition) is 5. The Bertz CT molecular complexity index is 665. The molecule has 1 unspecified atom stereocenters. The van der Waals surface area contributed by atoms with Crippen LogP contribution in [0.3, 0.4) is 0 Å². The number of hydrogen-bond donors (Lipinski definition) is 0. The predicted molar refractivity (Wildman–Crippen MR) is 97.9 cm³/mol. The van der Waals surface area contributed by atoms with Crippen LogP contribution in [0.1, 0.15) is 38.4 Å². The molecule has 3 heterocycles. The molecule has 0 radical (unpaired) electrons. The van der Waals surface area contributed by atoms with E-state index < -0.39 is 0 Å². The Kier molecular flexibility index (Phi) is 5.87. The van der Waals surface area contributed by atoms with Crippen molar-refractivity contribution in [3.63, 3.8) is 0 Å². The number of likely N-dealkylation sites (N-methyl/N-ethyl adjacent to an activating group) is 1. The average molecular weight is 383 g/mol. The minimum absolute atomic E-state index is 0.108. The molecule has 0 N–H and O–H groups in total. The first-order chi connectivity index (χ1) is 12.4. The van der Waals surface area contributed by atoms with E-state index in [9.17, 15) is 9.59 Å². The van der Waals surface area contributed by atoms with Crippen LogP contribution in [-0.2, 0) is 16.0 Å². The molecular weight excluding hydrogens is 356 g/mol. The summed E-state index contributed by atoms with van der Waals surface area (Å²) in [6, 6.07) is 1.65. The summed E-state index contributed by atoms with van der Waals surface area (Å²) in [5, 5.41) is 3.95. The van der Waals surface area contributed by atoms with Crippen molar-refractivity contribution in [2.45, 2.75) is 44.6 Å². The highest BCUT2D eigenvalue weighted by molar-refractivity contribution is 6.29. The van der Waals surface area contributed by atoms with Crippen LogP contribution in [0, 0.1) is 0 Å². The van der Waals surface area contributed by atoms with Crippen LogP contribution in [0.5, 0.6) is 0 Å². The lowest BCUT2D eigenvalue weighted by Crippen LogP contribution is -2.62. The molecule has 144 valence electrons. The summed E-state index contributed by atoms with van der Waals surface area (Å²) >= 11 is 5.75. The van der Waals surface area contributed by atoms with Gasteiger partial charge in [-0.15, -0.1) is 0 Å². The van der Waals surface area contributed by atoms with Crippen LogP contribution < -0.4 is 0 Å². The molecule has 3 rings (SSSR count). The monoisotopic (exact) mass is 382 g/mol. The quantitative estimate of drug-likeness (QED) is 0.794. The van der Waals surface area contributed by atoms with E-state index >= 15 is 0 Å². The van der Waals surface area contributed by atoms with Crippen molar-refractivity contribution < 1.29 is 14.1 Å². The number of carbonyl (C=O) groups is 2. The fourth-order valence-electron chi connectivity index (χ4n) is 4.03. The maximum atomic E-state index is 12.7. The van der Waals surface area contributed by atoms with Gasteiger partial charge in [0.25, 0.3) is 0 Å². The second-order valence-electron chi connectivity index (χ2n) is 7.30. The van der Waals surface area contributed by atoms with Gasteiger partial charge in [-0.1, -0.05) is 16.8 Å². The Morgan fingerprint density at radius 2 is 2.15 bits per heavy atom. The smallest absolute Gasteiger partial charge is 0.223 e. The van der Waals surface area contributed by atoms with Gasteiger partial charge in [0.1, 0.15) is 5.76 Å². The van der Waals surface area contributed by atoms with E-state index in [-0.39, 0.29) is 17.4 Å². The molecule has 1 spiro atoms. The maximum absolute atomic E-state index is 12.7. The molecule has 0 aliphatic carbocycles. The second-order valence-corrected chi connectivity index (χ2v) is 7.69. The van der Waals surface area contributed by atoms with Crippen LogP contribution in [0.25, 0.3) is 0 Å². The van der Waals surface area contributed by atoms with Gasteiger partial charge in [-0.25, -0.2) is 0 Å². The standard InChI is InChI=1S/C18H27ClN4O3/c1-3-22-9-8-18(7-6-17(22)25)13-23(11-10-21(18)2)16(24)5-4-14-12-15(19)20-26-14/h12H,3-11,13H2,1-2H3. The lowest BCUT2D eigenvalue weighted by atomic mass is 9.86. The van der Waals surface area contributed by atoms with Crippen LogP contribution in [0.4, 0.5) is 0 Å². The topological polar surface area (TPSA) is 69.9 Å². The molecule has 0 saturated carbocycles. The Labute approximate surface area is 159 Å². The summed E-state index contributed by atoms with van der Waals surface area (Å²) in [6.07, 6.45) is 3.15. The largest absolute Gasteiger partial charge is 0.360 e. The zero-order chi connectivity index (χ0) is 18.7. The summed E-state index contributed by atoms with van der Waals surface area (Å²) in [4.78, 5) is 31.2. The lowest BCUT2D eigenvalue weighted by Gasteiger charge is -2.49. The zero-order valence-electron chi connectivity index (χ0n) is 15.5. The summed E-state index contributed by atoms with van der Waals surface area (Å²) < 4.78 is 5.08. The first-order valence-corrected chi connectivity index (χ1v) is 9.69. The van der Waals surface area contributed by atoms with Crippen LogP contribution >= 0.6 is 11.6 Å². The number of aromatic nitrogens is 1. The highest BCUT2D eigenvalue weighted by Crippen LogP contribution is 2.32. The van der Waals surface area contributed by atoms with Crippen LogP contribution in [0.2, 0.25) is 5.15 Å². The fourth-order valence-corrected chi connectivity index (χ4v) is 4.19. The number of piperazine rings is 1. The number of nitrogens with zero attached hydrogens (tertiary/aromatic N) is 4. The highest BCUT2D eigenvalue weighted by atomic mass is 35.5. The Morgan fingerprint density at radius 1 is 1.35 bits per heavy atom. The van der Waals surface area contributed by atoms with E-state index in [4.69, 9.17) is 16.1 Å². The van der Waals surface area contributed by atoms with Crippen molar-refractivity contribution in [1.29, 1.82) is 0 Å². The van der Waals surface area contributed by atoms with E-state index in [1.807, 2.05) is 16.7 Å². The van der Waals surface area contributed by atoms with Gasteiger partial charge in [-0.2, -0.15) is 0 Å². The van der Waals surface area contributed by atoms with E-state index in [1.54, 1.807) is 6.07 Å². The molecular formula is C18H27ClN4O3. The average Bonchev–Trinajstić information content (AvgIpc) is 2.98. The number of rotatable bonds is 4. The number of carbonyl (C=O) groups excluding carboxylic acids is 2. The van der Waals surface area contributed by atoms with Gasteiger partial charge >= 0.3 is 0 Å². The zero-order valence-corrected chi connectivity index (χ0v) is 16.3. The van der Waals surface area contributed by atoms with Gasteiger partial charge in [0.15, 0.2) is 5.15 Å². The molecule has 2 saturated heterocycles. The summed E-state index contributed by atoms with van der Waals surface area (Å²) in [5.74, 6) is 0.974. The lowest BCUT2D eigenvalue weighted by molar-refractivity contribution is -0.137. The van der Waals surface area contributed by atoms with Gasteiger partial charge in [0.05, 0.1) is 0 Å². The summed E-state index contributed by atoms with van der Waals surface area (Å²) in [7, 11) is 2.12. The minimum Gasteiger partial charge on any atom is -0.360 e. The van der Waals surface area contributed by atoms with Crippen LogP contribution in [-0.4, -0.2) is 77.0 Å². The second kappa shape index (κ2) is 7.96. The van der Waals surface area contributed by atoms with E-state index in [0.29, 0.717) is 36.7 Å². The SMILES string of the molecule is CCN1CCC2(CCC1=O)CN(C(=O)CCc1cc(Cl)no1)CCN2C. The molecule has 1 atom stereocenters. The molecule has 2 amide bonds. The molecule has 0 bridgehead atoms. The Hall–Kier alpha value is -1.60. The first kappa shape index (κ1) is 19.2. The molecule has 1 aromatic rings. The molecule has 7 nitrogen and oxygen atoms in total. The van der Waals surface area contributed by atoms with Crippen LogP contribution in [0.15, 0.2) is 10.6 Å². The van der Waals surface area contributed by atoms with E-state index in [2.05, 4.69) is 17.1 Å². The number of halogens is 1. The third-order valence-electron chi connectivity index (χ3n) is 5.85. The van der Waals surface area contributed by atoms with Crippen molar-refractivity contribution in [2.75, 3.05) is 39.8 Å². The molecule has 1 aromatic heterocycles. The normalized spacial score (nSPS) is 25.0. The van der Waals surface area contributed by atoms with Gasteiger partial charge in [0.2, 0.25) is 11.8 Å². The Morgan fingerprint density at radius 3 is 2.85 bits per heavy atom. The molecule has 2 fully saturated rings. The molecule has 8 heteroatoms. The van der Waals surface area contributed by atoms with Crippen molar-refractivity contribution in [1.82, 2.24) is 19.9 Å². The molecule has 0 aromatic carbocycles. The van der Waals surface area contributed by atoms with Crippen molar-refractivity contribution in [3.8, 4) is 0 Å². The first-order valence-electron chi connectivity index (χ1n) is 9.31. The summed E-state index contributed by atoms with van der Waals surface area (Å²) in [6.45, 7) is 5.77. The number of amides is 2. The number of likely N-dealkylation sites (tertiary alicyclic amines) is 1. The van der Waals surface area contributed by atoms with Gasteiger partial charge in [-0.05, 0) is 26.8 Å². The van der Waals surface area contributed by atoms with Gasteiger partial charge < -0.3 is 14.3 Å². The molecule has 2 aliphatic rings. The van der Waals surface area contributed by atoms with Crippen molar-refractivity contribution in [3.05, 3.63) is 17.0 Å². The third kappa shape index (κ3) is 4.04. The maximum Gasteiger partial charge on any atom is 0.223 e.